The molecule has 0 saturated heterocycles. The molecule has 26 heavy (non-hydrogen) atoms. The van der Waals surface area contributed by atoms with Crippen molar-refractivity contribution in [3.8, 4) is 22.9 Å². The number of amides is 1. The minimum atomic E-state index is -0.0189. The average molecular weight is 347 g/mol. The van der Waals surface area contributed by atoms with E-state index in [0.717, 1.165) is 29.5 Å². The minimum absolute atomic E-state index is 0.0189. The number of nitrogens with one attached hydrogen (secondary N) is 1. The Morgan fingerprint density at radius 3 is 2.42 bits per heavy atom. The van der Waals surface area contributed by atoms with Gasteiger partial charge in [0.2, 0.25) is 11.8 Å². The van der Waals surface area contributed by atoms with E-state index in [1.807, 2.05) is 43.3 Å². The Balaban J connectivity index is 1.50. The molecule has 132 valence electrons. The van der Waals surface area contributed by atoms with Crippen molar-refractivity contribution in [2.75, 3.05) is 0 Å². The van der Waals surface area contributed by atoms with E-state index in [1.165, 1.54) is 12.8 Å². The van der Waals surface area contributed by atoms with E-state index in [1.54, 1.807) is 12.1 Å². The Morgan fingerprint density at radius 2 is 1.69 bits per heavy atom. The lowest BCUT2D eigenvalue weighted by Gasteiger charge is -2.11. The van der Waals surface area contributed by atoms with Gasteiger partial charge in [-0.05, 0) is 55.7 Å². The van der Waals surface area contributed by atoms with Crippen molar-refractivity contribution in [2.45, 2.75) is 38.6 Å². The van der Waals surface area contributed by atoms with Crippen molar-refractivity contribution in [1.82, 2.24) is 15.5 Å². The molecule has 1 aliphatic carbocycles. The Labute approximate surface area is 152 Å². The van der Waals surface area contributed by atoms with E-state index in [9.17, 15) is 4.79 Å². The zero-order chi connectivity index (χ0) is 17.9. The van der Waals surface area contributed by atoms with Crippen LogP contribution in [0.1, 0.15) is 41.6 Å². The van der Waals surface area contributed by atoms with Gasteiger partial charge >= 0.3 is 0 Å². The van der Waals surface area contributed by atoms with Gasteiger partial charge in [0, 0.05) is 22.7 Å². The number of hydrogen-bond acceptors (Lipinski definition) is 4. The second kappa shape index (κ2) is 7.12. The van der Waals surface area contributed by atoms with Gasteiger partial charge in [0.1, 0.15) is 0 Å². The molecule has 0 radical (unpaired) electrons. The summed E-state index contributed by atoms with van der Waals surface area (Å²) < 4.78 is 5.82. The fraction of sp³-hybridized carbons (Fsp3) is 0.286. The van der Waals surface area contributed by atoms with E-state index in [4.69, 9.17) is 4.42 Å². The Kier molecular flexibility index (Phi) is 4.52. The van der Waals surface area contributed by atoms with Gasteiger partial charge < -0.3 is 9.73 Å². The molecule has 1 N–H and O–H groups in total. The van der Waals surface area contributed by atoms with Crippen LogP contribution in [0.2, 0.25) is 0 Å². The predicted octanol–water partition coefficient (Wildman–Crippen LogP) is 4.38. The Hall–Kier alpha value is -2.95. The molecule has 1 amide bonds. The molecule has 1 aromatic heterocycles. The van der Waals surface area contributed by atoms with Crippen molar-refractivity contribution in [3.63, 3.8) is 0 Å². The van der Waals surface area contributed by atoms with Gasteiger partial charge in [0.05, 0.1) is 0 Å². The highest BCUT2D eigenvalue weighted by Crippen LogP contribution is 2.26. The van der Waals surface area contributed by atoms with E-state index >= 15 is 0 Å². The van der Waals surface area contributed by atoms with E-state index in [2.05, 4.69) is 15.5 Å². The van der Waals surface area contributed by atoms with Crippen LogP contribution >= 0.6 is 0 Å². The Bertz CT molecular complexity index is 909. The molecule has 0 aliphatic heterocycles. The monoisotopic (exact) mass is 347 g/mol. The summed E-state index contributed by atoms with van der Waals surface area (Å²) in [7, 11) is 0. The first kappa shape index (κ1) is 16.5. The van der Waals surface area contributed by atoms with Crippen LogP contribution in [0.4, 0.5) is 0 Å². The molecular weight excluding hydrogens is 326 g/mol. The maximum absolute atomic E-state index is 12.3. The number of benzene rings is 2. The minimum Gasteiger partial charge on any atom is -0.416 e. The molecule has 5 nitrogen and oxygen atoms in total. The third kappa shape index (κ3) is 3.38. The molecule has 5 heteroatoms. The SMILES string of the molecule is Cc1ccccc1-c1nnc(-c2ccc(C(=O)NC3CCCC3)cc2)o1. The van der Waals surface area contributed by atoms with Gasteiger partial charge in [0.15, 0.2) is 0 Å². The number of hydrogen-bond donors (Lipinski definition) is 1. The van der Waals surface area contributed by atoms with Crippen LogP contribution in [-0.4, -0.2) is 22.1 Å². The maximum Gasteiger partial charge on any atom is 0.251 e. The van der Waals surface area contributed by atoms with Crippen molar-refractivity contribution >= 4 is 5.91 Å². The summed E-state index contributed by atoms with van der Waals surface area (Å²) in [5.41, 5.74) is 3.47. The standard InChI is InChI=1S/C21H21N3O2/c1-14-6-2-5-9-18(14)21-24-23-20(26-21)16-12-10-15(11-13-16)19(25)22-17-7-3-4-8-17/h2,5-6,9-13,17H,3-4,7-8H2,1H3,(H,22,25). The van der Waals surface area contributed by atoms with Crippen LogP contribution in [0.5, 0.6) is 0 Å². The summed E-state index contributed by atoms with van der Waals surface area (Å²) in [4.78, 5) is 12.3. The summed E-state index contributed by atoms with van der Waals surface area (Å²) in [6, 6.07) is 15.5. The molecule has 3 aromatic rings. The second-order valence-corrected chi connectivity index (χ2v) is 6.76. The quantitative estimate of drug-likeness (QED) is 0.760. The molecule has 1 heterocycles. The first-order valence-electron chi connectivity index (χ1n) is 9.01. The zero-order valence-electron chi connectivity index (χ0n) is 14.7. The third-order valence-electron chi connectivity index (χ3n) is 4.88. The van der Waals surface area contributed by atoms with E-state index in [-0.39, 0.29) is 5.91 Å². The van der Waals surface area contributed by atoms with E-state index < -0.39 is 0 Å². The van der Waals surface area contributed by atoms with Gasteiger partial charge in [0.25, 0.3) is 5.91 Å². The third-order valence-corrected chi connectivity index (χ3v) is 4.88. The normalized spacial score (nSPS) is 14.5. The van der Waals surface area contributed by atoms with E-state index in [0.29, 0.717) is 23.4 Å². The molecule has 0 atom stereocenters. The highest BCUT2D eigenvalue weighted by Gasteiger charge is 2.18. The molecular formula is C21H21N3O2. The van der Waals surface area contributed by atoms with Crippen LogP contribution in [0.15, 0.2) is 52.9 Å². The molecule has 2 aromatic carbocycles. The summed E-state index contributed by atoms with van der Waals surface area (Å²) in [5.74, 6) is 0.932. The van der Waals surface area contributed by atoms with Crippen molar-refractivity contribution in [2.24, 2.45) is 0 Å². The molecule has 1 aliphatic rings. The number of carbonyl (C=O) groups excluding carboxylic acids is 1. The van der Waals surface area contributed by atoms with Crippen molar-refractivity contribution in [3.05, 3.63) is 59.7 Å². The summed E-state index contributed by atoms with van der Waals surface area (Å²) in [6.07, 6.45) is 4.55. The van der Waals surface area contributed by atoms with Gasteiger partial charge in [-0.3, -0.25) is 4.79 Å². The zero-order valence-corrected chi connectivity index (χ0v) is 14.7. The number of aryl methyl sites for hydroxylation is 1. The molecule has 0 bridgehead atoms. The van der Waals surface area contributed by atoms with Crippen LogP contribution < -0.4 is 5.32 Å². The maximum atomic E-state index is 12.3. The lowest BCUT2D eigenvalue weighted by Crippen LogP contribution is -2.32. The molecule has 0 spiro atoms. The second-order valence-electron chi connectivity index (χ2n) is 6.76. The highest BCUT2D eigenvalue weighted by atomic mass is 16.4. The van der Waals surface area contributed by atoms with Crippen LogP contribution in [0.3, 0.4) is 0 Å². The number of rotatable bonds is 4. The summed E-state index contributed by atoms with van der Waals surface area (Å²) in [5, 5.41) is 11.4. The fourth-order valence-electron chi connectivity index (χ4n) is 3.36. The highest BCUT2D eigenvalue weighted by molar-refractivity contribution is 5.94. The first-order chi connectivity index (χ1) is 12.7. The van der Waals surface area contributed by atoms with Crippen LogP contribution in [0.25, 0.3) is 22.9 Å². The van der Waals surface area contributed by atoms with Crippen LogP contribution in [-0.2, 0) is 0 Å². The number of carbonyl (C=O) groups is 1. The molecule has 4 rings (SSSR count). The smallest absolute Gasteiger partial charge is 0.251 e. The lowest BCUT2D eigenvalue weighted by molar-refractivity contribution is 0.0938. The van der Waals surface area contributed by atoms with Gasteiger partial charge in [-0.25, -0.2) is 0 Å². The number of aromatic nitrogens is 2. The van der Waals surface area contributed by atoms with Gasteiger partial charge in [-0.15, -0.1) is 10.2 Å². The fourth-order valence-corrected chi connectivity index (χ4v) is 3.36. The van der Waals surface area contributed by atoms with Gasteiger partial charge in [-0.1, -0.05) is 31.0 Å². The molecule has 1 fully saturated rings. The molecule has 0 unspecified atom stereocenters. The Morgan fingerprint density at radius 1 is 1.00 bits per heavy atom. The van der Waals surface area contributed by atoms with Crippen LogP contribution in [0, 0.1) is 6.92 Å². The summed E-state index contributed by atoms with van der Waals surface area (Å²) >= 11 is 0. The first-order valence-corrected chi connectivity index (χ1v) is 9.01. The van der Waals surface area contributed by atoms with Crippen molar-refractivity contribution < 1.29 is 9.21 Å². The van der Waals surface area contributed by atoms with Gasteiger partial charge in [-0.2, -0.15) is 0 Å². The lowest BCUT2D eigenvalue weighted by atomic mass is 10.1. The largest absolute Gasteiger partial charge is 0.416 e. The predicted molar refractivity (Wildman–Crippen MR) is 99.6 cm³/mol. The van der Waals surface area contributed by atoms with Crippen molar-refractivity contribution in [1.29, 1.82) is 0 Å². The summed E-state index contributed by atoms with van der Waals surface area (Å²) in [6.45, 7) is 2.01. The number of nitrogens with zero attached hydrogens (tertiary/aromatic N) is 2. The molecule has 1 saturated carbocycles. The average Bonchev–Trinajstić information content (AvgIpc) is 3.34. The topological polar surface area (TPSA) is 68.0 Å².